The minimum Gasteiger partial charge on any atom is -0.352 e. The molecule has 8 heteroatoms. The minimum atomic E-state index is -3.22. The molecule has 23 heavy (non-hydrogen) atoms. The minimum absolute atomic E-state index is 0. The van der Waals surface area contributed by atoms with Gasteiger partial charge in [0.15, 0.2) is 9.84 Å². The fraction of sp³-hybridized carbons (Fsp3) is 0.533. The fourth-order valence-electron chi connectivity index (χ4n) is 2.39. The van der Waals surface area contributed by atoms with E-state index in [9.17, 15) is 13.2 Å². The Labute approximate surface area is 144 Å². The summed E-state index contributed by atoms with van der Waals surface area (Å²) in [5.74, 6) is -0.166. The molecule has 1 aromatic rings. The molecule has 0 radical (unpaired) electrons. The van der Waals surface area contributed by atoms with Gasteiger partial charge in [-0.25, -0.2) is 8.42 Å². The van der Waals surface area contributed by atoms with Crippen molar-refractivity contribution in [2.24, 2.45) is 0 Å². The largest absolute Gasteiger partial charge is 0.352 e. The van der Waals surface area contributed by atoms with Gasteiger partial charge < -0.3 is 15.5 Å². The van der Waals surface area contributed by atoms with Crippen molar-refractivity contribution >= 4 is 28.2 Å². The van der Waals surface area contributed by atoms with Gasteiger partial charge in [0, 0.05) is 44.5 Å². The molecule has 0 aromatic heterocycles. The smallest absolute Gasteiger partial charge is 0.251 e. The molecule has 1 heterocycles. The van der Waals surface area contributed by atoms with Crippen LogP contribution >= 0.6 is 12.4 Å². The lowest BCUT2D eigenvalue weighted by Gasteiger charge is -2.27. The van der Waals surface area contributed by atoms with Crippen molar-refractivity contribution in [2.45, 2.75) is 11.3 Å². The summed E-state index contributed by atoms with van der Waals surface area (Å²) in [6, 6.07) is 6.01. The molecular formula is C15H24ClN3O3S. The van der Waals surface area contributed by atoms with Crippen LogP contribution in [0.2, 0.25) is 0 Å². The van der Waals surface area contributed by atoms with E-state index in [0.717, 1.165) is 45.4 Å². The van der Waals surface area contributed by atoms with Crippen LogP contribution in [-0.2, 0) is 9.84 Å². The van der Waals surface area contributed by atoms with Crippen LogP contribution in [0.5, 0.6) is 0 Å². The zero-order valence-corrected chi connectivity index (χ0v) is 14.9. The maximum absolute atomic E-state index is 12.0. The van der Waals surface area contributed by atoms with E-state index in [1.807, 2.05) is 0 Å². The van der Waals surface area contributed by atoms with Crippen molar-refractivity contribution < 1.29 is 13.2 Å². The van der Waals surface area contributed by atoms with E-state index in [-0.39, 0.29) is 23.2 Å². The first kappa shape index (κ1) is 19.9. The molecule has 2 N–H and O–H groups in total. The summed E-state index contributed by atoms with van der Waals surface area (Å²) in [5.41, 5.74) is 0.481. The molecule has 1 aliphatic rings. The van der Waals surface area contributed by atoms with Crippen LogP contribution in [0.4, 0.5) is 0 Å². The van der Waals surface area contributed by atoms with Crippen LogP contribution in [0.15, 0.2) is 29.2 Å². The molecule has 2 rings (SSSR count). The maximum Gasteiger partial charge on any atom is 0.251 e. The van der Waals surface area contributed by atoms with E-state index < -0.39 is 9.84 Å². The highest BCUT2D eigenvalue weighted by molar-refractivity contribution is 7.90. The lowest BCUT2D eigenvalue weighted by atomic mass is 10.2. The molecule has 6 nitrogen and oxygen atoms in total. The Kier molecular flexibility index (Phi) is 7.98. The molecule has 1 amide bonds. The Morgan fingerprint density at radius 2 is 1.83 bits per heavy atom. The molecule has 1 aliphatic heterocycles. The van der Waals surface area contributed by atoms with Gasteiger partial charge in [0.25, 0.3) is 5.91 Å². The van der Waals surface area contributed by atoms with Gasteiger partial charge in [0.2, 0.25) is 0 Å². The summed E-state index contributed by atoms with van der Waals surface area (Å²) < 4.78 is 22.7. The van der Waals surface area contributed by atoms with E-state index in [1.54, 1.807) is 12.1 Å². The van der Waals surface area contributed by atoms with Crippen molar-refractivity contribution in [1.82, 2.24) is 15.5 Å². The quantitative estimate of drug-likeness (QED) is 0.723. The molecule has 0 saturated carbocycles. The van der Waals surface area contributed by atoms with Crippen LogP contribution in [-0.4, -0.2) is 64.7 Å². The lowest BCUT2D eigenvalue weighted by Crippen LogP contribution is -2.44. The van der Waals surface area contributed by atoms with Gasteiger partial charge in [-0.1, -0.05) is 0 Å². The van der Waals surface area contributed by atoms with Crippen molar-refractivity contribution in [3.8, 4) is 0 Å². The van der Waals surface area contributed by atoms with Crippen molar-refractivity contribution in [2.75, 3.05) is 45.5 Å². The second-order valence-electron chi connectivity index (χ2n) is 5.50. The van der Waals surface area contributed by atoms with Gasteiger partial charge in [0.1, 0.15) is 0 Å². The molecule has 0 spiro atoms. The van der Waals surface area contributed by atoms with E-state index in [0.29, 0.717) is 12.1 Å². The summed E-state index contributed by atoms with van der Waals surface area (Å²) in [5, 5.41) is 6.17. The molecule has 1 fully saturated rings. The third-order valence-electron chi connectivity index (χ3n) is 3.69. The van der Waals surface area contributed by atoms with Crippen LogP contribution in [0, 0.1) is 0 Å². The molecular weight excluding hydrogens is 338 g/mol. The number of halogens is 1. The van der Waals surface area contributed by atoms with E-state index in [4.69, 9.17) is 0 Å². The summed E-state index contributed by atoms with van der Waals surface area (Å²) in [6.45, 7) is 5.77. The van der Waals surface area contributed by atoms with E-state index in [1.165, 1.54) is 12.1 Å². The normalized spacial score (nSPS) is 15.7. The Balaban J connectivity index is 0.00000264. The Morgan fingerprint density at radius 3 is 2.39 bits per heavy atom. The average molecular weight is 362 g/mol. The fourth-order valence-corrected chi connectivity index (χ4v) is 3.03. The highest BCUT2D eigenvalue weighted by atomic mass is 35.5. The molecule has 130 valence electrons. The molecule has 0 unspecified atom stereocenters. The maximum atomic E-state index is 12.0. The summed E-state index contributed by atoms with van der Waals surface area (Å²) in [4.78, 5) is 14.6. The Morgan fingerprint density at radius 1 is 1.22 bits per heavy atom. The number of rotatable bonds is 6. The third-order valence-corrected chi connectivity index (χ3v) is 4.82. The van der Waals surface area contributed by atoms with Gasteiger partial charge in [-0.3, -0.25) is 4.79 Å². The number of benzene rings is 1. The first-order valence-corrected chi connectivity index (χ1v) is 9.37. The SMILES string of the molecule is CS(=O)(=O)c1ccc(C(=O)NCCCN2CCNCC2)cc1.Cl. The lowest BCUT2D eigenvalue weighted by molar-refractivity contribution is 0.0951. The van der Waals surface area contributed by atoms with Crippen molar-refractivity contribution in [1.29, 1.82) is 0 Å². The second kappa shape index (κ2) is 9.22. The third kappa shape index (κ3) is 6.47. The molecule has 1 aromatic carbocycles. The van der Waals surface area contributed by atoms with Crippen LogP contribution in [0.3, 0.4) is 0 Å². The monoisotopic (exact) mass is 361 g/mol. The number of carbonyl (C=O) groups is 1. The van der Waals surface area contributed by atoms with E-state index >= 15 is 0 Å². The second-order valence-corrected chi connectivity index (χ2v) is 7.51. The standard InChI is InChI=1S/C15H23N3O3S.ClH/c1-22(20,21)14-5-3-13(4-6-14)15(19)17-7-2-10-18-11-8-16-9-12-18;/h3-6,16H,2,7-12H2,1H3,(H,17,19);1H. The number of amides is 1. The molecule has 1 saturated heterocycles. The number of hydrogen-bond donors (Lipinski definition) is 2. The van der Waals surface area contributed by atoms with Gasteiger partial charge in [-0.15, -0.1) is 12.4 Å². The van der Waals surface area contributed by atoms with Gasteiger partial charge in [0.05, 0.1) is 4.90 Å². The van der Waals surface area contributed by atoms with Gasteiger partial charge >= 0.3 is 0 Å². The summed E-state index contributed by atoms with van der Waals surface area (Å²) in [6.07, 6.45) is 2.06. The first-order valence-electron chi connectivity index (χ1n) is 7.48. The number of sulfone groups is 1. The number of nitrogens with one attached hydrogen (secondary N) is 2. The van der Waals surface area contributed by atoms with Crippen LogP contribution in [0.25, 0.3) is 0 Å². The van der Waals surface area contributed by atoms with Crippen LogP contribution in [0.1, 0.15) is 16.8 Å². The Bertz CT molecular complexity index is 599. The molecule has 0 aliphatic carbocycles. The van der Waals surface area contributed by atoms with E-state index in [2.05, 4.69) is 15.5 Å². The number of piperazine rings is 1. The first-order chi connectivity index (χ1) is 10.5. The predicted octanol–water partition coefficient (Wildman–Crippen LogP) is 0.537. The predicted molar refractivity (Wildman–Crippen MR) is 93.1 cm³/mol. The van der Waals surface area contributed by atoms with Crippen LogP contribution < -0.4 is 10.6 Å². The highest BCUT2D eigenvalue weighted by Gasteiger charge is 2.11. The summed E-state index contributed by atoms with van der Waals surface area (Å²) in [7, 11) is -3.22. The highest BCUT2D eigenvalue weighted by Crippen LogP contribution is 2.10. The zero-order valence-electron chi connectivity index (χ0n) is 13.2. The van der Waals surface area contributed by atoms with Gasteiger partial charge in [-0.05, 0) is 37.2 Å². The molecule has 0 bridgehead atoms. The van der Waals surface area contributed by atoms with Crippen molar-refractivity contribution in [3.05, 3.63) is 29.8 Å². The topological polar surface area (TPSA) is 78.5 Å². The van der Waals surface area contributed by atoms with Crippen molar-refractivity contribution in [3.63, 3.8) is 0 Å². The number of nitrogens with zero attached hydrogens (tertiary/aromatic N) is 1. The molecule has 0 atom stereocenters. The number of carbonyl (C=O) groups excluding carboxylic acids is 1. The Hall–Kier alpha value is -1.15. The average Bonchev–Trinajstić information content (AvgIpc) is 2.52. The zero-order chi connectivity index (χ0) is 16.0. The van der Waals surface area contributed by atoms with Gasteiger partial charge in [-0.2, -0.15) is 0 Å². The number of hydrogen-bond acceptors (Lipinski definition) is 5. The summed E-state index contributed by atoms with van der Waals surface area (Å²) >= 11 is 0.